The van der Waals surface area contributed by atoms with E-state index in [-0.39, 0.29) is 12.1 Å². The summed E-state index contributed by atoms with van der Waals surface area (Å²) in [4.78, 5) is 4.17. The third-order valence-electron chi connectivity index (χ3n) is 5.58. The van der Waals surface area contributed by atoms with Crippen LogP contribution in [-0.4, -0.2) is 17.1 Å². The Balaban J connectivity index is 1.73. The SMILES string of the molecule is CC[C@]1([C@H](C)N)CC[C@@H](Oc2cc3ccncc3cc2Br)CC1. The van der Waals surface area contributed by atoms with E-state index in [0.717, 1.165) is 53.1 Å². The molecule has 1 aliphatic carbocycles. The Morgan fingerprint density at radius 3 is 2.74 bits per heavy atom. The van der Waals surface area contributed by atoms with Gasteiger partial charge in [0.25, 0.3) is 0 Å². The number of hydrogen-bond donors (Lipinski definition) is 1. The molecular formula is C19H25BrN2O. The van der Waals surface area contributed by atoms with Gasteiger partial charge in [0.15, 0.2) is 0 Å². The molecule has 1 atom stereocenters. The predicted octanol–water partition coefficient (Wildman–Crippen LogP) is 5.06. The molecule has 1 aliphatic rings. The average Bonchev–Trinajstić information content (AvgIpc) is 2.56. The van der Waals surface area contributed by atoms with E-state index in [1.54, 1.807) is 0 Å². The number of benzene rings is 1. The third kappa shape index (κ3) is 3.38. The molecule has 124 valence electrons. The minimum atomic E-state index is 0.258. The number of aromatic nitrogens is 1. The summed E-state index contributed by atoms with van der Waals surface area (Å²) < 4.78 is 7.30. The molecule has 1 saturated carbocycles. The van der Waals surface area contributed by atoms with Gasteiger partial charge in [-0.15, -0.1) is 0 Å². The lowest BCUT2D eigenvalue weighted by Gasteiger charge is -2.42. The summed E-state index contributed by atoms with van der Waals surface area (Å²) in [6.45, 7) is 4.41. The zero-order valence-corrected chi connectivity index (χ0v) is 15.5. The van der Waals surface area contributed by atoms with Crippen LogP contribution in [0, 0.1) is 5.41 Å². The maximum Gasteiger partial charge on any atom is 0.134 e. The zero-order chi connectivity index (χ0) is 16.4. The van der Waals surface area contributed by atoms with Gasteiger partial charge in [0.05, 0.1) is 10.6 Å². The molecule has 3 rings (SSSR count). The van der Waals surface area contributed by atoms with Crippen molar-refractivity contribution in [3.8, 4) is 5.75 Å². The molecule has 1 aromatic carbocycles. The summed E-state index contributed by atoms with van der Waals surface area (Å²) in [6, 6.07) is 6.47. The van der Waals surface area contributed by atoms with E-state index in [1.807, 2.05) is 18.5 Å². The van der Waals surface area contributed by atoms with E-state index < -0.39 is 0 Å². The Morgan fingerprint density at radius 1 is 1.35 bits per heavy atom. The summed E-state index contributed by atoms with van der Waals surface area (Å²) in [5, 5.41) is 2.28. The van der Waals surface area contributed by atoms with E-state index in [0.29, 0.717) is 5.41 Å². The molecule has 0 saturated heterocycles. The van der Waals surface area contributed by atoms with Gasteiger partial charge in [0, 0.05) is 23.8 Å². The molecule has 0 bridgehead atoms. The van der Waals surface area contributed by atoms with E-state index >= 15 is 0 Å². The molecule has 2 aromatic rings. The highest BCUT2D eigenvalue weighted by Gasteiger charge is 2.37. The molecule has 3 nitrogen and oxygen atoms in total. The van der Waals surface area contributed by atoms with E-state index in [4.69, 9.17) is 10.5 Å². The Labute approximate surface area is 146 Å². The molecule has 23 heavy (non-hydrogen) atoms. The lowest BCUT2D eigenvalue weighted by atomic mass is 9.67. The van der Waals surface area contributed by atoms with Crippen molar-refractivity contribution < 1.29 is 4.74 Å². The van der Waals surface area contributed by atoms with E-state index in [1.165, 1.54) is 0 Å². The first-order valence-electron chi connectivity index (χ1n) is 8.49. The fraction of sp³-hybridized carbons (Fsp3) is 0.526. The molecule has 0 aliphatic heterocycles. The first-order chi connectivity index (χ1) is 11.0. The van der Waals surface area contributed by atoms with Crippen molar-refractivity contribution in [2.75, 3.05) is 0 Å². The highest BCUT2D eigenvalue weighted by atomic mass is 79.9. The smallest absolute Gasteiger partial charge is 0.134 e. The largest absolute Gasteiger partial charge is 0.489 e. The van der Waals surface area contributed by atoms with Crippen molar-refractivity contribution in [2.45, 2.75) is 58.1 Å². The average molecular weight is 377 g/mol. The molecule has 1 fully saturated rings. The number of hydrogen-bond acceptors (Lipinski definition) is 3. The van der Waals surface area contributed by atoms with Crippen LogP contribution in [0.15, 0.2) is 35.1 Å². The quantitative estimate of drug-likeness (QED) is 0.810. The van der Waals surface area contributed by atoms with Gasteiger partial charge < -0.3 is 10.5 Å². The fourth-order valence-electron chi connectivity index (χ4n) is 3.77. The third-order valence-corrected chi connectivity index (χ3v) is 6.20. The molecule has 2 N–H and O–H groups in total. The van der Waals surface area contributed by atoms with Crippen molar-refractivity contribution >= 4 is 26.7 Å². The van der Waals surface area contributed by atoms with Crippen LogP contribution >= 0.6 is 15.9 Å². The first-order valence-corrected chi connectivity index (χ1v) is 9.29. The number of pyridine rings is 1. The minimum Gasteiger partial charge on any atom is -0.489 e. The van der Waals surface area contributed by atoms with Gasteiger partial charge in [0.1, 0.15) is 5.75 Å². The van der Waals surface area contributed by atoms with Crippen LogP contribution in [0.5, 0.6) is 5.75 Å². The highest BCUT2D eigenvalue weighted by molar-refractivity contribution is 9.10. The van der Waals surface area contributed by atoms with Crippen molar-refractivity contribution in [1.82, 2.24) is 4.98 Å². The highest BCUT2D eigenvalue weighted by Crippen LogP contribution is 2.43. The van der Waals surface area contributed by atoms with Crippen molar-refractivity contribution in [1.29, 1.82) is 0 Å². The molecule has 0 spiro atoms. The maximum absolute atomic E-state index is 6.30. The number of nitrogens with zero attached hydrogens (tertiary/aromatic N) is 1. The van der Waals surface area contributed by atoms with E-state index in [9.17, 15) is 0 Å². The Bertz CT molecular complexity index is 678. The standard InChI is InChI=1S/C19H25BrN2O/c1-3-19(13(2)21)7-4-16(5-8-19)23-18-11-14-6-9-22-12-15(14)10-17(18)20/h6,9-13,16H,3-5,7-8,21H2,1-2H3/t13-,16-,19+/m0/s1. The van der Waals surface area contributed by atoms with Gasteiger partial charge in [-0.1, -0.05) is 6.92 Å². The van der Waals surface area contributed by atoms with Crippen LogP contribution in [0.2, 0.25) is 0 Å². The van der Waals surface area contributed by atoms with Crippen molar-refractivity contribution in [2.24, 2.45) is 11.1 Å². The Morgan fingerprint density at radius 2 is 2.09 bits per heavy atom. The van der Waals surface area contributed by atoms with Gasteiger partial charge in [0.2, 0.25) is 0 Å². The second kappa shape index (κ2) is 6.78. The van der Waals surface area contributed by atoms with Crippen molar-refractivity contribution in [3.63, 3.8) is 0 Å². The fourth-order valence-corrected chi connectivity index (χ4v) is 4.23. The first kappa shape index (κ1) is 16.7. The van der Waals surface area contributed by atoms with E-state index in [2.05, 4.69) is 46.9 Å². The van der Waals surface area contributed by atoms with Gasteiger partial charge >= 0.3 is 0 Å². The molecular weight excluding hydrogens is 352 g/mol. The number of rotatable bonds is 4. The number of nitrogens with two attached hydrogens (primary N) is 1. The number of fused-ring (bicyclic) bond motifs is 1. The summed E-state index contributed by atoms with van der Waals surface area (Å²) >= 11 is 3.63. The van der Waals surface area contributed by atoms with Crippen molar-refractivity contribution in [3.05, 3.63) is 35.1 Å². The zero-order valence-electron chi connectivity index (χ0n) is 13.9. The Hall–Kier alpha value is -1.13. The summed E-state index contributed by atoms with van der Waals surface area (Å²) in [5.74, 6) is 0.929. The van der Waals surface area contributed by atoms with Gasteiger partial charge in [-0.2, -0.15) is 0 Å². The van der Waals surface area contributed by atoms with Crippen LogP contribution in [0.25, 0.3) is 10.8 Å². The maximum atomic E-state index is 6.30. The monoisotopic (exact) mass is 376 g/mol. The molecule has 1 aromatic heterocycles. The van der Waals surface area contributed by atoms with Crippen LogP contribution in [0.1, 0.15) is 46.0 Å². The number of ether oxygens (including phenoxy) is 1. The van der Waals surface area contributed by atoms with Crippen LogP contribution in [0.4, 0.5) is 0 Å². The van der Waals surface area contributed by atoms with Gasteiger partial charge in [-0.3, -0.25) is 4.98 Å². The molecule has 0 unspecified atom stereocenters. The van der Waals surface area contributed by atoms with Gasteiger partial charge in [-0.25, -0.2) is 0 Å². The lowest BCUT2D eigenvalue weighted by molar-refractivity contribution is 0.0615. The molecule has 4 heteroatoms. The number of halogens is 1. The lowest BCUT2D eigenvalue weighted by Crippen LogP contribution is -2.43. The minimum absolute atomic E-state index is 0.258. The summed E-state index contributed by atoms with van der Waals surface area (Å²) in [7, 11) is 0. The van der Waals surface area contributed by atoms with Crippen LogP contribution < -0.4 is 10.5 Å². The summed E-state index contributed by atoms with van der Waals surface area (Å²) in [6.07, 6.45) is 9.60. The predicted molar refractivity (Wildman–Crippen MR) is 98.7 cm³/mol. The molecule has 1 heterocycles. The second-order valence-corrected chi connectivity index (χ2v) is 7.68. The molecule has 0 amide bonds. The van der Waals surface area contributed by atoms with Crippen LogP contribution in [0.3, 0.4) is 0 Å². The normalized spacial score (nSPS) is 26.2. The van der Waals surface area contributed by atoms with Gasteiger partial charge in [-0.05, 0) is 84.0 Å². The Kier molecular flexibility index (Phi) is 4.93. The molecule has 0 radical (unpaired) electrons. The summed E-state index contributed by atoms with van der Waals surface area (Å²) in [5.41, 5.74) is 6.54. The van der Waals surface area contributed by atoms with Crippen LogP contribution in [-0.2, 0) is 0 Å². The second-order valence-electron chi connectivity index (χ2n) is 6.83. The topological polar surface area (TPSA) is 48.1 Å².